The topological polar surface area (TPSA) is 41.1 Å². The van der Waals surface area contributed by atoms with Crippen LogP contribution < -0.4 is 10.6 Å². The fraction of sp³-hybridized carbons (Fsp3) is 0.261. The van der Waals surface area contributed by atoms with Crippen molar-refractivity contribution < 1.29 is 9.18 Å². The molecule has 5 rings (SSSR count). The average molecular weight is 360 g/mol. The minimum Gasteiger partial charge on any atom is -0.323 e. The first-order valence-electron chi connectivity index (χ1n) is 9.51. The van der Waals surface area contributed by atoms with E-state index in [2.05, 4.69) is 41.0 Å². The van der Waals surface area contributed by atoms with Gasteiger partial charge in [-0.2, -0.15) is 0 Å². The number of rotatable bonds is 3. The summed E-state index contributed by atoms with van der Waals surface area (Å²) in [6.45, 7) is 1.46. The van der Waals surface area contributed by atoms with Crippen molar-refractivity contribution in [2.75, 3.05) is 11.9 Å². The van der Waals surface area contributed by atoms with E-state index in [9.17, 15) is 9.18 Å². The Morgan fingerprint density at radius 3 is 2.81 bits per heavy atom. The lowest BCUT2D eigenvalue weighted by molar-refractivity contribution is -0.117. The maximum absolute atomic E-state index is 14.8. The Morgan fingerprint density at radius 1 is 1.07 bits per heavy atom. The summed E-state index contributed by atoms with van der Waals surface area (Å²) in [6, 6.07) is 18.2. The molecule has 1 fully saturated rings. The molecule has 0 spiro atoms. The molecule has 2 aliphatic rings. The van der Waals surface area contributed by atoms with E-state index < -0.39 is 0 Å². The van der Waals surface area contributed by atoms with Crippen molar-refractivity contribution in [3.05, 3.63) is 77.1 Å². The average Bonchev–Trinajstić information content (AvgIpc) is 3.51. The van der Waals surface area contributed by atoms with Crippen LogP contribution in [0.5, 0.6) is 0 Å². The van der Waals surface area contributed by atoms with Crippen LogP contribution in [0.3, 0.4) is 0 Å². The summed E-state index contributed by atoms with van der Waals surface area (Å²) in [7, 11) is 0. The van der Waals surface area contributed by atoms with E-state index in [1.165, 1.54) is 16.3 Å². The molecule has 2 atom stereocenters. The lowest BCUT2D eigenvalue weighted by Crippen LogP contribution is -2.25. The highest BCUT2D eigenvalue weighted by molar-refractivity contribution is 5.95. The van der Waals surface area contributed by atoms with E-state index >= 15 is 0 Å². The first-order valence-corrected chi connectivity index (χ1v) is 9.51. The predicted octanol–water partition coefficient (Wildman–Crippen LogP) is 4.37. The molecule has 1 amide bonds. The SMILES string of the molecule is O=C(Nc1ccc2c(c1F)CCNC2)C1CC1c1ccc2ccccc2c1. The second-order valence-corrected chi connectivity index (χ2v) is 7.54. The van der Waals surface area contributed by atoms with Gasteiger partial charge in [-0.05, 0) is 58.8 Å². The molecule has 27 heavy (non-hydrogen) atoms. The highest BCUT2D eigenvalue weighted by Crippen LogP contribution is 2.48. The van der Waals surface area contributed by atoms with E-state index in [1.807, 2.05) is 18.2 Å². The van der Waals surface area contributed by atoms with E-state index in [4.69, 9.17) is 0 Å². The van der Waals surface area contributed by atoms with Gasteiger partial charge in [-0.1, -0.05) is 48.5 Å². The minimum absolute atomic E-state index is 0.0803. The van der Waals surface area contributed by atoms with Gasteiger partial charge in [0, 0.05) is 12.5 Å². The number of benzene rings is 3. The standard InChI is InChI=1S/C23H21FN2O/c24-22-18-9-10-25-13-17(18)7-8-21(22)26-23(27)20-12-19(20)16-6-5-14-3-1-2-4-15(14)11-16/h1-8,11,19-20,25H,9-10,12-13H2,(H,26,27). The van der Waals surface area contributed by atoms with E-state index in [1.54, 1.807) is 6.07 Å². The van der Waals surface area contributed by atoms with Crippen LogP contribution in [0.4, 0.5) is 10.1 Å². The number of fused-ring (bicyclic) bond motifs is 2. The molecule has 2 unspecified atom stereocenters. The molecule has 3 aromatic carbocycles. The number of carbonyl (C=O) groups is 1. The summed E-state index contributed by atoms with van der Waals surface area (Å²) in [4.78, 5) is 12.7. The number of nitrogens with one attached hydrogen (secondary N) is 2. The summed E-state index contributed by atoms with van der Waals surface area (Å²) >= 11 is 0. The lowest BCUT2D eigenvalue weighted by Gasteiger charge is -2.19. The Balaban J connectivity index is 1.32. The molecular weight excluding hydrogens is 339 g/mol. The van der Waals surface area contributed by atoms with Gasteiger partial charge >= 0.3 is 0 Å². The van der Waals surface area contributed by atoms with Crippen LogP contribution in [-0.2, 0) is 17.8 Å². The van der Waals surface area contributed by atoms with E-state index in [0.29, 0.717) is 18.7 Å². The second-order valence-electron chi connectivity index (χ2n) is 7.54. The third-order valence-corrected chi connectivity index (χ3v) is 5.79. The van der Waals surface area contributed by atoms with Crippen molar-refractivity contribution in [3.8, 4) is 0 Å². The predicted molar refractivity (Wildman–Crippen MR) is 105 cm³/mol. The maximum Gasteiger partial charge on any atom is 0.228 e. The molecule has 1 heterocycles. The quantitative estimate of drug-likeness (QED) is 0.728. The molecule has 1 aliphatic heterocycles. The van der Waals surface area contributed by atoms with E-state index in [-0.39, 0.29) is 23.6 Å². The largest absolute Gasteiger partial charge is 0.323 e. The maximum atomic E-state index is 14.8. The molecule has 0 bridgehead atoms. The van der Waals surface area contributed by atoms with Gasteiger partial charge in [0.25, 0.3) is 0 Å². The minimum atomic E-state index is -0.273. The van der Waals surface area contributed by atoms with Crippen LogP contribution in [0.2, 0.25) is 0 Å². The molecule has 3 nitrogen and oxygen atoms in total. The van der Waals surface area contributed by atoms with Gasteiger partial charge in [0.05, 0.1) is 5.69 Å². The molecule has 3 aromatic rings. The van der Waals surface area contributed by atoms with E-state index in [0.717, 1.165) is 24.1 Å². The van der Waals surface area contributed by atoms with Crippen molar-refractivity contribution in [3.63, 3.8) is 0 Å². The lowest BCUT2D eigenvalue weighted by atomic mass is 9.99. The zero-order chi connectivity index (χ0) is 18.4. The van der Waals surface area contributed by atoms with Gasteiger partial charge in [0.1, 0.15) is 5.82 Å². The number of anilines is 1. The zero-order valence-corrected chi connectivity index (χ0v) is 15.0. The number of hydrogen-bond acceptors (Lipinski definition) is 2. The second kappa shape index (κ2) is 6.46. The summed E-state index contributed by atoms with van der Waals surface area (Å²) in [5.74, 6) is -0.214. The van der Waals surface area contributed by atoms with Crippen LogP contribution >= 0.6 is 0 Å². The monoisotopic (exact) mass is 360 g/mol. The molecule has 4 heteroatoms. The molecule has 0 saturated heterocycles. The Labute approximate surface area is 157 Å². The van der Waals surface area contributed by atoms with Crippen molar-refractivity contribution in [2.45, 2.75) is 25.3 Å². The summed E-state index contributed by atoms with van der Waals surface area (Å²) in [5, 5.41) is 8.46. The molecule has 136 valence electrons. The van der Waals surface area contributed by atoms with Crippen LogP contribution in [-0.4, -0.2) is 12.5 Å². The third-order valence-electron chi connectivity index (χ3n) is 5.79. The third kappa shape index (κ3) is 3.00. The Hall–Kier alpha value is -2.72. The molecule has 1 aliphatic carbocycles. The van der Waals surface area contributed by atoms with Crippen LogP contribution in [0.25, 0.3) is 10.8 Å². The smallest absolute Gasteiger partial charge is 0.228 e. The van der Waals surface area contributed by atoms with Crippen molar-refractivity contribution >= 4 is 22.4 Å². The van der Waals surface area contributed by atoms with Gasteiger partial charge in [-0.15, -0.1) is 0 Å². The van der Waals surface area contributed by atoms with Gasteiger partial charge in [-0.25, -0.2) is 4.39 Å². The van der Waals surface area contributed by atoms with Crippen LogP contribution in [0, 0.1) is 11.7 Å². The number of halogens is 1. The summed E-state index contributed by atoms with van der Waals surface area (Å²) in [6.07, 6.45) is 1.48. The van der Waals surface area contributed by atoms with Crippen molar-refractivity contribution in [2.24, 2.45) is 5.92 Å². The van der Waals surface area contributed by atoms with Gasteiger partial charge < -0.3 is 10.6 Å². The summed E-state index contributed by atoms with van der Waals surface area (Å²) < 4.78 is 14.8. The molecule has 2 N–H and O–H groups in total. The fourth-order valence-corrected chi connectivity index (χ4v) is 4.15. The molecule has 0 radical (unpaired) electrons. The highest BCUT2D eigenvalue weighted by atomic mass is 19.1. The summed E-state index contributed by atoms with van der Waals surface area (Å²) in [5.41, 5.74) is 3.21. The highest BCUT2D eigenvalue weighted by Gasteiger charge is 2.44. The Kier molecular flexibility index (Phi) is 3.94. The first kappa shape index (κ1) is 16.5. The fourth-order valence-electron chi connectivity index (χ4n) is 4.15. The molecule has 0 aromatic heterocycles. The Bertz CT molecular complexity index is 1050. The van der Waals surface area contributed by atoms with Crippen molar-refractivity contribution in [1.29, 1.82) is 0 Å². The Morgan fingerprint density at radius 2 is 1.93 bits per heavy atom. The van der Waals surface area contributed by atoms with Crippen LogP contribution in [0.1, 0.15) is 29.0 Å². The zero-order valence-electron chi connectivity index (χ0n) is 15.0. The van der Waals surface area contributed by atoms with Gasteiger partial charge in [0.2, 0.25) is 5.91 Å². The molecule has 1 saturated carbocycles. The number of amides is 1. The van der Waals surface area contributed by atoms with Gasteiger partial charge in [-0.3, -0.25) is 4.79 Å². The van der Waals surface area contributed by atoms with Gasteiger partial charge in [0.15, 0.2) is 0 Å². The molecular formula is C23H21FN2O. The number of hydrogen-bond donors (Lipinski definition) is 2. The van der Waals surface area contributed by atoms with Crippen LogP contribution in [0.15, 0.2) is 54.6 Å². The first-order chi connectivity index (χ1) is 13.2. The number of carbonyl (C=O) groups excluding carboxylic acids is 1. The normalized spacial score (nSPS) is 20.9. The van der Waals surface area contributed by atoms with Crippen molar-refractivity contribution in [1.82, 2.24) is 5.32 Å².